The van der Waals surface area contributed by atoms with Crippen LogP contribution in [0.4, 0.5) is 0 Å². The van der Waals surface area contributed by atoms with Crippen LogP contribution in [0.2, 0.25) is 0 Å². The Balaban J connectivity index is 2.54. The summed E-state index contributed by atoms with van der Waals surface area (Å²) in [7, 11) is -1.81. The van der Waals surface area contributed by atoms with E-state index in [1.165, 1.54) is 4.31 Å². The van der Waals surface area contributed by atoms with E-state index in [2.05, 4.69) is 4.72 Å². The third kappa shape index (κ3) is 5.35. The molecule has 0 aromatic heterocycles. The number of ether oxygens (including phenoxy) is 1. The van der Waals surface area contributed by atoms with Gasteiger partial charge in [0.25, 0.3) is 10.2 Å². The molecule has 0 aromatic carbocycles. The average molecular weight is 293 g/mol. The standard InChI is InChI=1S/C12H27N3O3S/c1-3-4-12(10-18-2)14-19(16,17)15-7-5-11(9-13)6-8-15/h11-12,14H,3-10,13H2,1-2H3. The number of methoxy groups -OCH3 is 1. The Kier molecular flexibility index (Phi) is 7.23. The van der Waals surface area contributed by atoms with Gasteiger partial charge in [-0.1, -0.05) is 13.3 Å². The van der Waals surface area contributed by atoms with Crippen molar-refractivity contribution in [1.29, 1.82) is 0 Å². The molecule has 1 fully saturated rings. The Morgan fingerprint density at radius 1 is 1.42 bits per heavy atom. The Bertz CT molecular complexity index is 334. The van der Waals surface area contributed by atoms with E-state index in [4.69, 9.17) is 10.5 Å². The van der Waals surface area contributed by atoms with Gasteiger partial charge in [0.05, 0.1) is 6.61 Å². The normalized spacial score (nSPS) is 20.6. The van der Waals surface area contributed by atoms with Crippen LogP contribution in [0, 0.1) is 5.92 Å². The molecule has 0 radical (unpaired) electrons. The second-order valence-corrected chi connectivity index (χ2v) is 6.84. The van der Waals surface area contributed by atoms with Gasteiger partial charge < -0.3 is 10.5 Å². The van der Waals surface area contributed by atoms with Crippen molar-refractivity contribution in [3.8, 4) is 0 Å². The summed E-state index contributed by atoms with van der Waals surface area (Å²) in [5, 5.41) is 0. The summed E-state index contributed by atoms with van der Waals surface area (Å²) in [4.78, 5) is 0. The van der Waals surface area contributed by atoms with Gasteiger partial charge in [-0.25, -0.2) is 0 Å². The minimum Gasteiger partial charge on any atom is -0.383 e. The lowest BCUT2D eigenvalue weighted by Gasteiger charge is -2.31. The van der Waals surface area contributed by atoms with Crippen molar-refractivity contribution in [2.75, 3.05) is 33.4 Å². The van der Waals surface area contributed by atoms with E-state index in [9.17, 15) is 8.42 Å². The molecule has 19 heavy (non-hydrogen) atoms. The summed E-state index contributed by atoms with van der Waals surface area (Å²) in [6.07, 6.45) is 3.40. The highest BCUT2D eigenvalue weighted by molar-refractivity contribution is 7.87. The SMILES string of the molecule is CCCC(COC)NS(=O)(=O)N1CCC(CN)CC1. The summed E-state index contributed by atoms with van der Waals surface area (Å²) in [5.74, 6) is 0.455. The lowest BCUT2D eigenvalue weighted by atomic mass is 9.99. The van der Waals surface area contributed by atoms with E-state index in [1.54, 1.807) is 7.11 Å². The molecule has 1 heterocycles. The Morgan fingerprint density at radius 3 is 2.53 bits per heavy atom. The first kappa shape index (κ1) is 16.8. The van der Waals surface area contributed by atoms with Gasteiger partial charge in [0, 0.05) is 26.2 Å². The second kappa shape index (κ2) is 8.16. The van der Waals surface area contributed by atoms with Crippen LogP contribution in [0.25, 0.3) is 0 Å². The van der Waals surface area contributed by atoms with Crippen LogP contribution in [-0.2, 0) is 14.9 Å². The first-order valence-electron chi connectivity index (χ1n) is 6.99. The predicted octanol–water partition coefficient (Wildman–Crippen LogP) is 0.307. The van der Waals surface area contributed by atoms with Crippen molar-refractivity contribution >= 4 is 10.2 Å². The van der Waals surface area contributed by atoms with Crippen molar-refractivity contribution in [2.45, 2.75) is 38.6 Å². The molecule has 114 valence electrons. The minimum absolute atomic E-state index is 0.146. The molecule has 0 aliphatic carbocycles. The quantitative estimate of drug-likeness (QED) is 0.674. The Labute approximate surface area is 116 Å². The molecule has 0 saturated carbocycles. The fourth-order valence-corrected chi connectivity index (χ4v) is 3.84. The number of piperidine rings is 1. The van der Waals surface area contributed by atoms with Crippen molar-refractivity contribution in [1.82, 2.24) is 9.03 Å². The third-order valence-electron chi connectivity index (χ3n) is 3.57. The van der Waals surface area contributed by atoms with Gasteiger partial charge >= 0.3 is 0 Å². The molecule has 6 nitrogen and oxygen atoms in total. The van der Waals surface area contributed by atoms with Crippen LogP contribution in [-0.4, -0.2) is 52.1 Å². The molecule has 1 unspecified atom stereocenters. The number of hydrogen-bond donors (Lipinski definition) is 2. The molecular weight excluding hydrogens is 266 g/mol. The fourth-order valence-electron chi connectivity index (χ4n) is 2.40. The Morgan fingerprint density at radius 2 is 2.05 bits per heavy atom. The average Bonchev–Trinajstić information content (AvgIpc) is 2.39. The lowest BCUT2D eigenvalue weighted by Crippen LogP contribution is -2.49. The maximum Gasteiger partial charge on any atom is 0.279 e. The largest absolute Gasteiger partial charge is 0.383 e. The molecule has 1 atom stereocenters. The van der Waals surface area contributed by atoms with Gasteiger partial charge in [-0.2, -0.15) is 17.4 Å². The molecule has 3 N–H and O–H groups in total. The molecule has 0 spiro atoms. The molecule has 1 aliphatic heterocycles. The lowest BCUT2D eigenvalue weighted by molar-refractivity contribution is 0.169. The number of rotatable bonds is 8. The van der Waals surface area contributed by atoms with Gasteiger partial charge in [0.2, 0.25) is 0 Å². The van der Waals surface area contributed by atoms with Gasteiger partial charge in [0.1, 0.15) is 0 Å². The molecule has 0 bridgehead atoms. The van der Waals surface area contributed by atoms with Crippen LogP contribution in [0.15, 0.2) is 0 Å². The smallest absolute Gasteiger partial charge is 0.279 e. The topological polar surface area (TPSA) is 84.7 Å². The molecule has 0 amide bonds. The maximum atomic E-state index is 12.3. The molecule has 7 heteroatoms. The zero-order valence-electron chi connectivity index (χ0n) is 12.0. The highest BCUT2D eigenvalue weighted by Crippen LogP contribution is 2.18. The summed E-state index contributed by atoms with van der Waals surface area (Å²) >= 11 is 0. The van der Waals surface area contributed by atoms with Crippen molar-refractivity contribution in [2.24, 2.45) is 11.7 Å². The highest BCUT2D eigenvalue weighted by atomic mass is 32.2. The minimum atomic E-state index is -3.40. The van der Waals surface area contributed by atoms with Crippen LogP contribution < -0.4 is 10.5 Å². The van der Waals surface area contributed by atoms with Crippen LogP contribution in [0.5, 0.6) is 0 Å². The van der Waals surface area contributed by atoms with E-state index in [0.29, 0.717) is 32.2 Å². The first-order chi connectivity index (χ1) is 9.03. The maximum absolute atomic E-state index is 12.3. The molecule has 1 rings (SSSR count). The third-order valence-corrected chi connectivity index (χ3v) is 5.24. The van der Waals surface area contributed by atoms with E-state index < -0.39 is 10.2 Å². The van der Waals surface area contributed by atoms with Crippen LogP contribution in [0.1, 0.15) is 32.6 Å². The number of nitrogens with one attached hydrogen (secondary N) is 1. The molecule has 1 aliphatic rings. The van der Waals surface area contributed by atoms with Gasteiger partial charge in [0.15, 0.2) is 0 Å². The van der Waals surface area contributed by atoms with E-state index in [1.807, 2.05) is 6.92 Å². The van der Waals surface area contributed by atoms with Crippen LogP contribution >= 0.6 is 0 Å². The second-order valence-electron chi connectivity index (χ2n) is 5.14. The van der Waals surface area contributed by atoms with E-state index in [0.717, 1.165) is 25.7 Å². The molecule has 0 aromatic rings. The molecular formula is C12H27N3O3S. The molecule has 1 saturated heterocycles. The summed E-state index contributed by atoms with van der Waals surface area (Å²) in [6, 6.07) is -0.146. The summed E-state index contributed by atoms with van der Waals surface area (Å²) in [6.45, 7) is 4.20. The zero-order chi connectivity index (χ0) is 14.3. The van der Waals surface area contributed by atoms with Crippen molar-refractivity contribution < 1.29 is 13.2 Å². The first-order valence-corrected chi connectivity index (χ1v) is 8.43. The van der Waals surface area contributed by atoms with Crippen LogP contribution in [0.3, 0.4) is 0 Å². The highest BCUT2D eigenvalue weighted by Gasteiger charge is 2.29. The fraction of sp³-hybridized carbons (Fsp3) is 1.00. The van der Waals surface area contributed by atoms with E-state index >= 15 is 0 Å². The van der Waals surface area contributed by atoms with Gasteiger partial charge in [-0.15, -0.1) is 0 Å². The van der Waals surface area contributed by atoms with Gasteiger partial charge in [-0.3, -0.25) is 0 Å². The van der Waals surface area contributed by atoms with Gasteiger partial charge in [-0.05, 0) is 31.7 Å². The van der Waals surface area contributed by atoms with Crippen molar-refractivity contribution in [3.05, 3.63) is 0 Å². The zero-order valence-corrected chi connectivity index (χ0v) is 12.8. The summed E-state index contributed by atoms with van der Waals surface area (Å²) < 4.78 is 33.9. The summed E-state index contributed by atoms with van der Waals surface area (Å²) in [5.41, 5.74) is 5.62. The number of hydrogen-bond acceptors (Lipinski definition) is 4. The number of nitrogens with two attached hydrogens (primary N) is 1. The monoisotopic (exact) mass is 293 g/mol. The van der Waals surface area contributed by atoms with E-state index in [-0.39, 0.29) is 6.04 Å². The Hall–Kier alpha value is -0.210. The predicted molar refractivity (Wildman–Crippen MR) is 76.0 cm³/mol. The van der Waals surface area contributed by atoms with Crippen molar-refractivity contribution in [3.63, 3.8) is 0 Å². The number of nitrogens with zero attached hydrogens (tertiary/aromatic N) is 1.